The first-order chi connectivity index (χ1) is 19.0. The highest BCUT2D eigenvalue weighted by atomic mass is 19.2. The van der Waals surface area contributed by atoms with Crippen LogP contribution in [0.25, 0.3) is 21.9 Å². The molecule has 1 saturated heterocycles. The number of halogens is 2. The second-order valence-corrected chi connectivity index (χ2v) is 9.72. The summed E-state index contributed by atoms with van der Waals surface area (Å²) in [5.74, 6) is -0.906. The Kier molecular flexibility index (Phi) is 6.62. The van der Waals surface area contributed by atoms with E-state index in [4.69, 9.17) is 0 Å². The van der Waals surface area contributed by atoms with Crippen molar-refractivity contribution < 1.29 is 13.7 Å². The molecule has 3 aromatic carbocycles. The third-order valence-corrected chi connectivity index (χ3v) is 7.37. The molecule has 0 atom stereocenters. The Labute approximate surface area is 223 Å². The molecule has 8 nitrogen and oxygen atoms in total. The zero-order chi connectivity index (χ0) is 26.9. The van der Waals surface area contributed by atoms with Crippen LogP contribution in [0.15, 0.2) is 73.1 Å². The predicted molar refractivity (Wildman–Crippen MR) is 146 cm³/mol. The zero-order valence-corrected chi connectivity index (χ0v) is 21.1. The number of fused-ring (bicyclic) bond motifs is 3. The van der Waals surface area contributed by atoms with Crippen molar-refractivity contribution in [3.8, 4) is 0 Å². The number of hydrogen-bond donors (Lipinski definition) is 0. The summed E-state index contributed by atoms with van der Waals surface area (Å²) >= 11 is 0. The Bertz CT molecular complexity index is 1670. The van der Waals surface area contributed by atoms with Crippen LogP contribution in [0, 0.1) is 21.7 Å². The largest absolute Gasteiger partial charge is 0.352 e. The van der Waals surface area contributed by atoms with Crippen LogP contribution in [0.2, 0.25) is 0 Å². The van der Waals surface area contributed by atoms with Crippen LogP contribution in [0.5, 0.6) is 0 Å². The minimum Gasteiger partial charge on any atom is -0.352 e. The summed E-state index contributed by atoms with van der Waals surface area (Å²) in [7, 11) is 0. The normalized spacial score (nSPS) is 14.4. The number of piperazine rings is 1. The molecule has 1 aliphatic rings. The van der Waals surface area contributed by atoms with Gasteiger partial charge < -0.3 is 9.47 Å². The van der Waals surface area contributed by atoms with Gasteiger partial charge in [-0.2, -0.15) is 0 Å². The van der Waals surface area contributed by atoms with Crippen LogP contribution < -0.4 is 4.90 Å². The number of nitrogens with zero attached hydrogens (tertiary/aromatic N) is 6. The summed E-state index contributed by atoms with van der Waals surface area (Å²) in [6.45, 7) is 4.22. The van der Waals surface area contributed by atoms with Gasteiger partial charge in [-0.3, -0.25) is 15.0 Å². The molecule has 6 rings (SSSR count). The Morgan fingerprint density at radius 2 is 1.67 bits per heavy atom. The molecular formula is C29H26F2N6O2. The highest BCUT2D eigenvalue weighted by Gasteiger charge is 2.27. The van der Waals surface area contributed by atoms with E-state index in [-0.39, 0.29) is 10.6 Å². The van der Waals surface area contributed by atoms with E-state index in [9.17, 15) is 18.9 Å². The quantitative estimate of drug-likeness (QED) is 0.214. The standard InChI is InChI=1S/C29H26F2N6O2/c30-22-10-9-20(17-23(22)31)11-12-34-13-15-35(16-14-34)29-28-27(32-19-33-29)26-24(7-4-8-25(26)37(38)39)36(28)18-21-5-2-1-3-6-21/h1-10,17,19H,11-16,18H2. The van der Waals surface area contributed by atoms with Crippen LogP contribution in [-0.4, -0.2) is 57.1 Å². The molecule has 0 radical (unpaired) electrons. The third-order valence-electron chi connectivity index (χ3n) is 7.37. The molecular weight excluding hydrogens is 502 g/mol. The summed E-state index contributed by atoms with van der Waals surface area (Å²) in [6.07, 6.45) is 2.11. The Hall–Kier alpha value is -4.44. The maximum Gasteiger partial charge on any atom is 0.280 e. The molecule has 0 unspecified atom stereocenters. The number of rotatable bonds is 7. The van der Waals surface area contributed by atoms with Gasteiger partial charge in [0.2, 0.25) is 0 Å². The van der Waals surface area contributed by atoms with Crippen LogP contribution in [-0.2, 0) is 13.0 Å². The van der Waals surface area contributed by atoms with Gasteiger partial charge in [-0.15, -0.1) is 0 Å². The predicted octanol–water partition coefficient (Wildman–Crippen LogP) is 5.18. The van der Waals surface area contributed by atoms with Gasteiger partial charge in [-0.25, -0.2) is 18.7 Å². The van der Waals surface area contributed by atoms with E-state index in [1.165, 1.54) is 24.5 Å². The fraction of sp³-hybridized carbons (Fsp3) is 0.241. The van der Waals surface area contributed by atoms with Gasteiger partial charge in [0.05, 0.1) is 10.4 Å². The lowest BCUT2D eigenvalue weighted by atomic mass is 10.1. The van der Waals surface area contributed by atoms with Gasteiger partial charge in [-0.05, 0) is 35.7 Å². The van der Waals surface area contributed by atoms with Crippen molar-refractivity contribution in [3.05, 3.63) is 106 Å². The van der Waals surface area contributed by atoms with Crippen molar-refractivity contribution in [2.75, 3.05) is 37.6 Å². The average molecular weight is 529 g/mol. The van der Waals surface area contributed by atoms with Gasteiger partial charge in [0.15, 0.2) is 17.5 Å². The van der Waals surface area contributed by atoms with Gasteiger partial charge in [0.1, 0.15) is 22.7 Å². The minimum atomic E-state index is -0.835. The van der Waals surface area contributed by atoms with E-state index in [1.54, 1.807) is 12.1 Å². The number of aromatic nitrogens is 3. The maximum absolute atomic E-state index is 13.6. The molecule has 1 fully saturated rings. The Morgan fingerprint density at radius 1 is 0.872 bits per heavy atom. The number of nitro benzene ring substituents is 1. The SMILES string of the molecule is O=[N+]([O-])c1cccc2c1c1ncnc(N3CCN(CCc4ccc(F)c(F)c4)CC3)c1n2Cc1ccccc1. The Morgan fingerprint density at radius 3 is 2.41 bits per heavy atom. The van der Waals surface area contributed by atoms with Crippen molar-refractivity contribution in [1.29, 1.82) is 0 Å². The van der Waals surface area contributed by atoms with Gasteiger partial charge in [0.25, 0.3) is 5.69 Å². The first-order valence-corrected chi connectivity index (χ1v) is 12.8. The molecule has 0 N–H and O–H groups in total. The fourth-order valence-corrected chi connectivity index (χ4v) is 5.40. The van der Waals surface area contributed by atoms with Crippen LogP contribution >= 0.6 is 0 Å². The van der Waals surface area contributed by atoms with Crippen LogP contribution in [0.3, 0.4) is 0 Å². The van der Waals surface area contributed by atoms with E-state index >= 15 is 0 Å². The molecule has 0 amide bonds. The lowest BCUT2D eigenvalue weighted by Crippen LogP contribution is -2.47. The van der Waals surface area contributed by atoms with Crippen LogP contribution in [0.4, 0.5) is 20.3 Å². The molecule has 39 heavy (non-hydrogen) atoms. The molecule has 0 bridgehead atoms. The van der Waals surface area contributed by atoms with E-state index in [2.05, 4.69) is 24.3 Å². The highest BCUT2D eigenvalue weighted by molar-refractivity contribution is 6.13. The number of benzene rings is 3. The topological polar surface area (TPSA) is 80.3 Å². The molecule has 1 aliphatic heterocycles. The Balaban J connectivity index is 1.32. The van der Waals surface area contributed by atoms with Crippen molar-refractivity contribution >= 4 is 33.4 Å². The molecule has 0 spiro atoms. The van der Waals surface area contributed by atoms with Gasteiger partial charge >= 0.3 is 0 Å². The van der Waals surface area contributed by atoms with Crippen molar-refractivity contribution in [2.45, 2.75) is 13.0 Å². The number of nitro groups is 1. The van der Waals surface area contributed by atoms with E-state index in [0.29, 0.717) is 37.0 Å². The summed E-state index contributed by atoms with van der Waals surface area (Å²) in [5, 5.41) is 12.5. The van der Waals surface area contributed by atoms with Crippen LogP contribution in [0.1, 0.15) is 11.1 Å². The molecule has 0 aliphatic carbocycles. The lowest BCUT2D eigenvalue weighted by molar-refractivity contribution is -0.383. The summed E-state index contributed by atoms with van der Waals surface area (Å²) in [5.41, 5.74) is 3.95. The summed E-state index contributed by atoms with van der Waals surface area (Å²) in [4.78, 5) is 25.3. The monoisotopic (exact) mass is 528 g/mol. The smallest absolute Gasteiger partial charge is 0.280 e. The molecule has 3 heterocycles. The first kappa shape index (κ1) is 24.9. The van der Waals surface area contributed by atoms with E-state index in [0.717, 1.165) is 47.6 Å². The second-order valence-electron chi connectivity index (χ2n) is 9.72. The average Bonchev–Trinajstić information content (AvgIpc) is 3.28. The van der Waals surface area contributed by atoms with Gasteiger partial charge in [-0.1, -0.05) is 42.5 Å². The highest BCUT2D eigenvalue weighted by Crippen LogP contribution is 2.38. The number of non-ortho nitro benzene ring substituents is 1. The molecule has 10 heteroatoms. The zero-order valence-electron chi connectivity index (χ0n) is 21.1. The first-order valence-electron chi connectivity index (χ1n) is 12.8. The minimum absolute atomic E-state index is 0.0241. The second kappa shape index (κ2) is 10.4. The fourth-order valence-electron chi connectivity index (χ4n) is 5.40. The van der Waals surface area contributed by atoms with Gasteiger partial charge in [0, 0.05) is 45.3 Å². The molecule has 0 saturated carbocycles. The molecule has 198 valence electrons. The van der Waals surface area contributed by atoms with Crippen molar-refractivity contribution in [2.24, 2.45) is 0 Å². The van der Waals surface area contributed by atoms with E-state index in [1.807, 2.05) is 36.4 Å². The summed E-state index contributed by atoms with van der Waals surface area (Å²) in [6, 6.07) is 19.1. The third kappa shape index (κ3) is 4.79. The number of anilines is 1. The van der Waals surface area contributed by atoms with E-state index < -0.39 is 11.6 Å². The number of hydrogen-bond acceptors (Lipinski definition) is 6. The lowest BCUT2D eigenvalue weighted by Gasteiger charge is -2.35. The van der Waals surface area contributed by atoms with Crippen molar-refractivity contribution in [3.63, 3.8) is 0 Å². The molecule has 5 aromatic rings. The van der Waals surface area contributed by atoms with Crippen molar-refractivity contribution in [1.82, 2.24) is 19.4 Å². The maximum atomic E-state index is 13.6. The molecule has 2 aromatic heterocycles. The summed E-state index contributed by atoms with van der Waals surface area (Å²) < 4.78 is 28.9.